The van der Waals surface area contributed by atoms with Crippen molar-refractivity contribution in [2.45, 2.75) is 24.2 Å². The van der Waals surface area contributed by atoms with Gasteiger partial charge in [-0.3, -0.25) is 4.79 Å². The Bertz CT molecular complexity index is 561. The number of H-pyrrole nitrogens is 1. The van der Waals surface area contributed by atoms with Crippen molar-refractivity contribution in [3.8, 4) is 0 Å². The van der Waals surface area contributed by atoms with Gasteiger partial charge in [0.15, 0.2) is 0 Å². The summed E-state index contributed by atoms with van der Waals surface area (Å²) in [6.45, 7) is 0.933. The maximum Gasteiger partial charge on any atom is 0.248 e. The van der Waals surface area contributed by atoms with Gasteiger partial charge in [-0.25, -0.2) is 8.42 Å². The Kier molecular flexibility index (Phi) is 3.56. The van der Waals surface area contributed by atoms with Crippen LogP contribution < -0.4 is 5.43 Å². The number of hydrogen-bond donors (Lipinski definition) is 1. The van der Waals surface area contributed by atoms with E-state index in [2.05, 4.69) is 4.98 Å². The fourth-order valence-corrected chi connectivity index (χ4v) is 3.67. The molecule has 1 fully saturated rings. The molecule has 5 nitrogen and oxygen atoms in total. The van der Waals surface area contributed by atoms with E-state index in [0.29, 0.717) is 13.1 Å². The van der Waals surface area contributed by atoms with Gasteiger partial charge in [0, 0.05) is 25.5 Å². The second kappa shape index (κ2) is 4.80. The van der Waals surface area contributed by atoms with Crippen LogP contribution in [0.2, 0.25) is 5.02 Å². The first kappa shape index (κ1) is 12.6. The summed E-state index contributed by atoms with van der Waals surface area (Å²) in [6.07, 6.45) is 5.16. The predicted molar refractivity (Wildman–Crippen MR) is 64.7 cm³/mol. The highest BCUT2D eigenvalue weighted by molar-refractivity contribution is 7.89. The minimum absolute atomic E-state index is 0.108. The van der Waals surface area contributed by atoms with E-state index in [9.17, 15) is 13.2 Å². The van der Waals surface area contributed by atoms with Crippen molar-refractivity contribution in [1.29, 1.82) is 0 Å². The lowest BCUT2D eigenvalue weighted by molar-refractivity contribution is 0.346. The lowest BCUT2D eigenvalue weighted by Crippen LogP contribution is -2.37. The Morgan fingerprint density at radius 2 is 1.82 bits per heavy atom. The second-order valence-electron chi connectivity index (χ2n) is 3.96. The number of halogens is 1. The molecule has 0 atom stereocenters. The highest BCUT2D eigenvalue weighted by Gasteiger charge is 2.28. The van der Waals surface area contributed by atoms with Crippen LogP contribution in [0.25, 0.3) is 0 Å². The van der Waals surface area contributed by atoms with Crippen LogP contribution in [-0.4, -0.2) is 30.8 Å². The first-order chi connectivity index (χ1) is 8.03. The molecule has 1 aliphatic heterocycles. The van der Waals surface area contributed by atoms with Gasteiger partial charge in [0.05, 0.1) is 0 Å². The average Bonchev–Trinajstić information content (AvgIpc) is 2.33. The summed E-state index contributed by atoms with van der Waals surface area (Å²) in [7, 11) is -3.71. The average molecular weight is 277 g/mol. The van der Waals surface area contributed by atoms with Gasteiger partial charge in [-0.15, -0.1) is 0 Å². The zero-order valence-corrected chi connectivity index (χ0v) is 10.7. The Hall–Kier alpha value is -0.850. The van der Waals surface area contributed by atoms with Crippen LogP contribution >= 0.6 is 11.6 Å². The molecule has 0 saturated carbocycles. The molecule has 0 aromatic carbocycles. The first-order valence-corrected chi connectivity index (χ1v) is 7.22. The lowest BCUT2D eigenvalue weighted by atomic mass is 10.2. The van der Waals surface area contributed by atoms with Crippen LogP contribution in [0.1, 0.15) is 19.3 Å². The Balaban J connectivity index is 2.44. The number of aromatic amines is 1. The van der Waals surface area contributed by atoms with Crippen LogP contribution in [0.15, 0.2) is 22.1 Å². The van der Waals surface area contributed by atoms with Crippen LogP contribution in [0.3, 0.4) is 0 Å². The second-order valence-corrected chi connectivity index (χ2v) is 6.27. The van der Waals surface area contributed by atoms with Crippen LogP contribution in [0, 0.1) is 0 Å². The molecule has 94 valence electrons. The Labute approximate surface area is 104 Å². The third-order valence-electron chi connectivity index (χ3n) is 2.80. The number of rotatable bonds is 2. The van der Waals surface area contributed by atoms with E-state index in [1.54, 1.807) is 0 Å². The number of piperidine rings is 1. The van der Waals surface area contributed by atoms with Crippen molar-refractivity contribution in [3.05, 3.63) is 27.6 Å². The van der Waals surface area contributed by atoms with Crippen LogP contribution in [0.4, 0.5) is 0 Å². The number of hydrogen-bond acceptors (Lipinski definition) is 3. The Morgan fingerprint density at radius 1 is 1.18 bits per heavy atom. The molecule has 0 aliphatic carbocycles. The van der Waals surface area contributed by atoms with Gasteiger partial charge >= 0.3 is 0 Å². The van der Waals surface area contributed by atoms with E-state index in [0.717, 1.165) is 19.3 Å². The molecule has 1 N–H and O–H groups in total. The van der Waals surface area contributed by atoms with Gasteiger partial charge in [0.1, 0.15) is 9.92 Å². The fraction of sp³-hybridized carbons (Fsp3) is 0.500. The Morgan fingerprint density at radius 3 is 2.47 bits per heavy atom. The molecular weight excluding hydrogens is 264 g/mol. The molecule has 0 unspecified atom stereocenters. The summed E-state index contributed by atoms with van der Waals surface area (Å²) in [5.74, 6) is 0. The highest BCUT2D eigenvalue weighted by atomic mass is 35.5. The summed E-state index contributed by atoms with van der Waals surface area (Å²) < 4.78 is 25.8. The van der Waals surface area contributed by atoms with E-state index >= 15 is 0 Å². The van der Waals surface area contributed by atoms with E-state index in [1.807, 2.05) is 0 Å². The molecule has 0 radical (unpaired) electrons. The standard InChI is InChI=1S/C10H13ClN2O3S/c11-8-6-12-7-9(10(8)14)17(15,16)13-4-2-1-3-5-13/h6-7H,1-5H2,(H,12,14). The zero-order chi connectivity index (χ0) is 12.5. The van der Waals surface area contributed by atoms with E-state index in [1.165, 1.54) is 16.7 Å². The maximum atomic E-state index is 12.2. The molecule has 1 aliphatic rings. The quantitative estimate of drug-likeness (QED) is 0.882. The zero-order valence-electron chi connectivity index (χ0n) is 9.15. The molecule has 2 rings (SSSR count). The van der Waals surface area contributed by atoms with Crippen molar-refractivity contribution in [2.75, 3.05) is 13.1 Å². The molecule has 0 bridgehead atoms. The lowest BCUT2D eigenvalue weighted by Gasteiger charge is -2.25. The van der Waals surface area contributed by atoms with Crippen molar-refractivity contribution in [3.63, 3.8) is 0 Å². The van der Waals surface area contributed by atoms with E-state index < -0.39 is 15.5 Å². The van der Waals surface area contributed by atoms with E-state index in [-0.39, 0.29) is 9.92 Å². The van der Waals surface area contributed by atoms with E-state index in [4.69, 9.17) is 11.6 Å². The number of pyridine rings is 1. The smallest absolute Gasteiger partial charge is 0.248 e. The first-order valence-electron chi connectivity index (χ1n) is 5.40. The SMILES string of the molecule is O=c1c(Cl)c[nH]cc1S(=O)(=O)N1CCCCC1. The number of nitrogens with one attached hydrogen (secondary N) is 1. The number of nitrogens with zero attached hydrogens (tertiary/aromatic N) is 1. The molecular formula is C10H13ClN2O3S. The van der Waals surface area contributed by atoms with Gasteiger partial charge in [0.2, 0.25) is 15.5 Å². The summed E-state index contributed by atoms with van der Waals surface area (Å²) in [5, 5.41) is -0.108. The van der Waals surface area contributed by atoms with Gasteiger partial charge in [-0.2, -0.15) is 4.31 Å². The minimum atomic E-state index is -3.71. The molecule has 0 amide bonds. The molecule has 2 heterocycles. The minimum Gasteiger partial charge on any atom is -0.365 e. The predicted octanol–water partition coefficient (Wildman–Crippen LogP) is 1.20. The maximum absolute atomic E-state index is 12.2. The topological polar surface area (TPSA) is 70.2 Å². The highest BCUT2D eigenvalue weighted by Crippen LogP contribution is 2.18. The molecule has 1 aromatic heterocycles. The molecule has 7 heteroatoms. The number of sulfonamides is 1. The third kappa shape index (κ3) is 2.38. The third-order valence-corrected chi connectivity index (χ3v) is 4.98. The summed E-state index contributed by atoms with van der Waals surface area (Å²) in [6, 6.07) is 0. The van der Waals surface area contributed by atoms with Crippen molar-refractivity contribution >= 4 is 21.6 Å². The molecule has 0 spiro atoms. The van der Waals surface area contributed by atoms with Gasteiger partial charge < -0.3 is 4.98 Å². The van der Waals surface area contributed by atoms with Crippen LogP contribution in [-0.2, 0) is 10.0 Å². The van der Waals surface area contributed by atoms with Gasteiger partial charge in [0.25, 0.3) is 0 Å². The monoisotopic (exact) mass is 276 g/mol. The fourth-order valence-electron chi connectivity index (χ4n) is 1.88. The number of aromatic nitrogens is 1. The van der Waals surface area contributed by atoms with Gasteiger partial charge in [-0.1, -0.05) is 18.0 Å². The van der Waals surface area contributed by atoms with Crippen molar-refractivity contribution in [2.24, 2.45) is 0 Å². The largest absolute Gasteiger partial charge is 0.365 e. The van der Waals surface area contributed by atoms with Crippen molar-refractivity contribution < 1.29 is 8.42 Å². The molecule has 1 saturated heterocycles. The molecule has 17 heavy (non-hydrogen) atoms. The summed E-state index contributed by atoms with van der Waals surface area (Å²) >= 11 is 5.63. The van der Waals surface area contributed by atoms with Crippen LogP contribution in [0.5, 0.6) is 0 Å². The summed E-state index contributed by atoms with van der Waals surface area (Å²) in [5.41, 5.74) is -0.643. The summed E-state index contributed by atoms with van der Waals surface area (Å²) in [4.78, 5) is 14.0. The van der Waals surface area contributed by atoms with Crippen molar-refractivity contribution in [1.82, 2.24) is 9.29 Å². The normalized spacial score (nSPS) is 18.2. The van der Waals surface area contributed by atoms with Gasteiger partial charge in [-0.05, 0) is 12.8 Å². The molecule has 1 aromatic rings.